The number of rotatable bonds is 10. The first-order chi connectivity index (χ1) is 25.3. The van der Waals surface area contributed by atoms with E-state index in [4.69, 9.17) is 40.0 Å². The molecule has 4 N–H and O–H groups in total. The Kier molecular flexibility index (Phi) is 13.2. The van der Waals surface area contributed by atoms with E-state index < -0.39 is 16.5 Å². The number of nitrogens with one attached hydrogen (secondary N) is 2. The van der Waals surface area contributed by atoms with Gasteiger partial charge in [0.25, 0.3) is 0 Å². The van der Waals surface area contributed by atoms with Crippen molar-refractivity contribution in [2.45, 2.75) is 50.6 Å². The summed E-state index contributed by atoms with van der Waals surface area (Å²) in [5.74, 6) is 1.19. The van der Waals surface area contributed by atoms with Crippen LogP contribution in [0.4, 0.5) is 0 Å². The molecule has 0 radical (unpaired) electrons. The zero-order chi connectivity index (χ0) is 37.0. The van der Waals surface area contributed by atoms with Crippen molar-refractivity contribution >= 4 is 38.6 Å². The predicted octanol–water partition coefficient (Wildman–Crippen LogP) is 4.85. The molecular weight excluding hydrogens is 718 g/mol. The van der Waals surface area contributed by atoms with Crippen LogP contribution in [-0.2, 0) is 18.5 Å². The topological polar surface area (TPSA) is 306 Å². The minimum atomic E-state index is -3.04. The van der Waals surface area contributed by atoms with E-state index in [-0.39, 0.29) is 14.9 Å². The van der Waals surface area contributed by atoms with Gasteiger partial charge in [0, 0.05) is 58.9 Å². The summed E-state index contributed by atoms with van der Waals surface area (Å²) >= 11 is 0. The Morgan fingerprint density at radius 3 is 1.50 bits per heavy atom. The highest BCUT2D eigenvalue weighted by molar-refractivity contribution is 7.30. The van der Waals surface area contributed by atoms with Crippen LogP contribution in [0.25, 0.3) is 44.6 Å². The largest absolute Gasteiger partial charge is 0.565 e. The van der Waals surface area contributed by atoms with Gasteiger partial charge < -0.3 is 19.8 Å². The molecule has 2 aliphatic carbocycles. The molecule has 0 aromatic carbocycles. The molecule has 6 heterocycles. The minimum absolute atomic E-state index is 0. The number of aromatic nitrogens is 10. The van der Waals surface area contributed by atoms with E-state index in [1.807, 2.05) is 58.7 Å². The van der Waals surface area contributed by atoms with E-state index in [0.29, 0.717) is 24.7 Å². The summed E-state index contributed by atoms with van der Waals surface area (Å²) in [5, 5.41) is 43.0. The fourth-order valence-electron chi connectivity index (χ4n) is 5.59. The van der Waals surface area contributed by atoms with Crippen molar-refractivity contribution in [1.82, 2.24) is 49.5 Å². The SMILES string of the molecule is N#CC[C@H](C1CC1)n1cc(-c2ncnc3[nH]ccc23)cn1.N#CC[C@H](C1CC1)n1cc(-c2ncnc3[nH]ccc23)cn1.O=[P+]([O-])OO.O=[P+]([O-])OO.[HH].[HH]. The lowest BCUT2D eigenvalue weighted by Gasteiger charge is -2.12. The molecule has 2 unspecified atom stereocenters. The average molecular weight is 753 g/mol. The molecule has 6 aromatic heterocycles. The molecule has 0 saturated heterocycles. The van der Waals surface area contributed by atoms with Crippen LogP contribution >= 0.6 is 16.5 Å². The van der Waals surface area contributed by atoms with Crippen LogP contribution in [0.3, 0.4) is 0 Å². The molecule has 0 aliphatic heterocycles. The third-order valence-electron chi connectivity index (χ3n) is 8.20. The number of hydrogen-bond acceptors (Lipinski definition) is 16. The van der Waals surface area contributed by atoms with Crippen molar-refractivity contribution < 1.29 is 41.6 Å². The van der Waals surface area contributed by atoms with Crippen LogP contribution in [0.15, 0.2) is 62.0 Å². The van der Waals surface area contributed by atoms with Gasteiger partial charge in [-0.3, -0.25) is 9.36 Å². The fourth-order valence-corrected chi connectivity index (χ4v) is 5.59. The van der Waals surface area contributed by atoms with Crippen molar-refractivity contribution in [3.63, 3.8) is 0 Å². The molecule has 4 atom stereocenters. The van der Waals surface area contributed by atoms with E-state index >= 15 is 0 Å². The summed E-state index contributed by atoms with van der Waals surface area (Å²) in [7, 11) is -6.09. The summed E-state index contributed by atoms with van der Waals surface area (Å²) < 4.78 is 27.1. The molecule has 0 spiro atoms. The predicted molar refractivity (Wildman–Crippen MR) is 181 cm³/mol. The minimum Gasteiger partial charge on any atom is -0.565 e. The molecule has 0 bridgehead atoms. The van der Waals surface area contributed by atoms with E-state index in [1.54, 1.807) is 12.7 Å². The van der Waals surface area contributed by atoms with Crippen molar-refractivity contribution in [1.29, 1.82) is 10.5 Å². The maximum atomic E-state index is 9.00. The van der Waals surface area contributed by atoms with Crippen molar-refractivity contribution in [3.8, 4) is 34.7 Å². The molecule has 6 aromatic rings. The number of hydrogen-bond donors (Lipinski definition) is 4. The molecule has 272 valence electrons. The Morgan fingerprint density at radius 2 is 1.17 bits per heavy atom. The number of nitrogens with zero attached hydrogens (tertiary/aromatic N) is 10. The van der Waals surface area contributed by atoms with E-state index in [2.05, 4.69) is 61.6 Å². The average Bonchev–Trinajstić information content (AvgIpc) is 3.88. The molecule has 2 fully saturated rings. The molecule has 52 heavy (non-hydrogen) atoms. The van der Waals surface area contributed by atoms with E-state index in [0.717, 1.165) is 44.6 Å². The van der Waals surface area contributed by atoms with Gasteiger partial charge in [-0.15, -0.1) is 0 Å². The maximum absolute atomic E-state index is 9.00. The van der Waals surface area contributed by atoms with E-state index in [9.17, 15) is 0 Å². The monoisotopic (exact) mass is 752 g/mol. The van der Waals surface area contributed by atoms with Crippen LogP contribution < -0.4 is 9.79 Å². The molecular formula is C30H34N12O8P2. The quantitative estimate of drug-likeness (QED) is 0.0825. The van der Waals surface area contributed by atoms with Crippen molar-refractivity contribution in [2.24, 2.45) is 11.8 Å². The van der Waals surface area contributed by atoms with Crippen LogP contribution in [0.2, 0.25) is 0 Å². The van der Waals surface area contributed by atoms with Gasteiger partial charge in [-0.05, 0) is 58.8 Å². The number of aromatic amines is 2. The normalized spacial score (nSPS) is 15.0. The van der Waals surface area contributed by atoms with Crippen molar-refractivity contribution in [2.75, 3.05) is 0 Å². The zero-order valence-corrected chi connectivity index (χ0v) is 28.8. The zero-order valence-electron chi connectivity index (χ0n) is 27.0. The molecule has 0 amide bonds. The second-order valence-electron chi connectivity index (χ2n) is 11.5. The highest BCUT2D eigenvalue weighted by atomic mass is 31.1. The lowest BCUT2D eigenvalue weighted by molar-refractivity contribution is -0.245. The van der Waals surface area contributed by atoms with Gasteiger partial charge in [0.1, 0.15) is 23.9 Å². The Bertz CT molecular complexity index is 2060. The third-order valence-corrected chi connectivity index (χ3v) is 8.47. The Morgan fingerprint density at radius 1 is 0.788 bits per heavy atom. The first kappa shape index (κ1) is 37.8. The van der Waals surface area contributed by atoms with Gasteiger partial charge in [-0.2, -0.15) is 20.7 Å². The van der Waals surface area contributed by atoms with Crippen LogP contribution in [0.1, 0.15) is 53.5 Å². The Hall–Kier alpha value is -5.40. The summed E-state index contributed by atoms with van der Waals surface area (Å²) in [6.45, 7) is 0. The third kappa shape index (κ3) is 9.89. The lowest BCUT2D eigenvalue weighted by atomic mass is 10.1. The van der Waals surface area contributed by atoms with Gasteiger partial charge in [0.15, 0.2) is 0 Å². The van der Waals surface area contributed by atoms with Gasteiger partial charge in [0.2, 0.25) is 0 Å². The fraction of sp³-hybridized carbons (Fsp3) is 0.333. The van der Waals surface area contributed by atoms with Crippen LogP contribution in [0, 0.1) is 34.5 Å². The highest BCUT2D eigenvalue weighted by Crippen LogP contribution is 2.42. The molecule has 20 nitrogen and oxygen atoms in total. The summed E-state index contributed by atoms with van der Waals surface area (Å²) in [5.41, 5.74) is 5.32. The first-order valence-electron chi connectivity index (χ1n) is 15.6. The Labute approximate surface area is 299 Å². The first-order valence-corrected chi connectivity index (χ1v) is 17.8. The Balaban J connectivity index is 0.000000226. The second kappa shape index (κ2) is 18.2. The number of fused-ring (bicyclic) bond motifs is 2. The highest BCUT2D eigenvalue weighted by Gasteiger charge is 2.34. The second-order valence-corrected chi connectivity index (χ2v) is 12.7. The van der Waals surface area contributed by atoms with Gasteiger partial charge in [-0.1, -0.05) is 0 Å². The van der Waals surface area contributed by atoms with Gasteiger partial charge in [-0.25, -0.2) is 30.5 Å². The van der Waals surface area contributed by atoms with E-state index in [1.165, 1.54) is 25.7 Å². The molecule has 22 heteroatoms. The number of nitriles is 2. The summed E-state index contributed by atoms with van der Waals surface area (Å²) in [4.78, 5) is 41.2. The van der Waals surface area contributed by atoms with Crippen LogP contribution in [-0.4, -0.2) is 60.0 Å². The van der Waals surface area contributed by atoms with Gasteiger partial charge in [0.05, 0.1) is 60.8 Å². The summed E-state index contributed by atoms with van der Waals surface area (Å²) in [6.07, 6.45) is 20.2. The van der Waals surface area contributed by atoms with Gasteiger partial charge >= 0.3 is 16.5 Å². The van der Waals surface area contributed by atoms with Crippen LogP contribution in [0.5, 0.6) is 0 Å². The van der Waals surface area contributed by atoms with Crippen molar-refractivity contribution in [3.05, 3.63) is 62.0 Å². The lowest BCUT2D eigenvalue weighted by Crippen LogP contribution is -2.10. The molecule has 2 saturated carbocycles. The standard InChI is InChI=1S/2C15H14N6.2HO4P.2H2/c2*16-5-3-13(10-1-2-10)21-8-11(7-20-21)14-12-4-6-17-15(12)19-9-18-14;2*1-4-5(2)3;;/h2*4,6-10,13H,1-3H2,(H,17,18,19);2*1H;2*1H/t2*13-;;;;/m11..../s1. The summed E-state index contributed by atoms with van der Waals surface area (Å²) in [6, 6.07) is 8.85. The number of H-pyrrole nitrogens is 2. The maximum Gasteiger partial charge on any atom is 0.521 e. The molecule has 8 rings (SSSR count). The molecule has 2 aliphatic rings. The smallest absolute Gasteiger partial charge is 0.521 e.